The Morgan fingerprint density at radius 3 is 2.82 bits per heavy atom. The molecule has 12 heteroatoms. The lowest BCUT2D eigenvalue weighted by Crippen LogP contribution is -2.35. The Kier molecular flexibility index (Phi) is 5.22. The van der Waals surface area contributed by atoms with Crippen molar-refractivity contribution >= 4 is 26.8 Å². The summed E-state index contributed by atoms with van der Waals surface area (Å²) < 4.78 is 36.3. The van der Waals surface area contributed by atoms with E-state index in [1.54, 1.807) is 0 Å². The second-order valence-electron chi connectivity index (χ2n) is 7.00. The molecule has 0 aromatic carbocycles. The minimum Gasteiger partial charge on any atom is -0.387 e. The van der Waals surface area contributed by atoms with Crippen molar-refractivity contribution in [1.82, 2.24) is 19.5 Å². The highest BCUT2D eigenvalue weighted by Gasteiger charge is 2.45. The number of fused-ring (bicyclic) bond motifs is 1. The summed E-state index contributed by atoms with van der Waals surface area (Å²) in [6, 6.07) is 0.127. The number of imidazole rings is 1. The number of rotatable bonds is 6. The van der Waals surface area contributed by atoms with Gasteiger partial charge in [-0.05, 0) is 6.42 Å². The van der Waals surface area contributed by atoms with Gasteiger partial charge in [-0.15, -0.1) is 0 Å². The highest BCUT2D eigenvalue weighted by atomic mass is 32.2. The topological polar surface area (TPSA) is 149 Å². The molecule has 2 aliphatic heterocycles. The van der Waals surface area contributed by atoms with Crippen molar-refractivity contribution in [3.63, 3.8) is 0 Å². The highest BCUT2D eigenvalue weighted by molar-refractivity contribution is 7.91. The Balaban J connectivity index is 1.60. The maximum Gasteiger partial charge on any atom is 0.167 e. The molecule has 4 heterocycles. The number of hydrogen-bond acceptors (Lipinski definition) is 10. The van der Waals surface area contributed by atoms with E-state index in [0.29, 0.717) is 30.2 Å². The van der Waals surface area contributed by atoms with Crippen molar-refractivity contribution < 1.29 is 28.1 Å². The molecule has 28 heavy (non-hydrogen) atoms. The zero-order valence-corrected chi connectivity index (χ0v) is 16.1. The lowest BCUT2D eigenvalue weighted by molar-refractivity contribution is -0.0292. The number of aliphatic hydroxyl groups excluding tert-OH is 2. The van der Waals surface area contributed by atoms with Crippen molar-refractivity contribution in [2.75, 3.05) is 30.0 Å². The lowest BCUT2D eigenvalue weighted by Gasteiger charge is -2.17. The molecule has 0 spiro atoms. The van der Waals surface area contributed by atoms with Crippen LogP contribution in [0.3, 0.4) is 0 Å². The van der Waals surface area contributed by atoms with Crippen LogP contribution in [0, 0.1) is 0 Å². The SMILES string of the molecule is CCS(=O)(=O)CC1OC(n2cnc3c(N[C@@H]4CCOC4)ncnc32)[C@H](O)C1O. The van der Waals surface area contributed by atoms with Crippen molar-refractivity contribution in [3.05, 3.63) is 12.7 Å². The Hall–Kier alpha value is -1.86. The molecule has 2 fully saturated rings. The van der Waals surface area contributed by atoms with E-state index in [0.717, 1.165) is 6.42 Å². The Morgan fingerprint density at radius 2 is 2.11 bits per heavy atom. The number of nitrogens with zero attached hydrogens (tertiary/aromatic N) is 4. The molecule has 3 N–H and O–H groups in total. The van der Waals surface area contributed by atoms with Gasteiger partial charge in [-0.3, -0.25) is 4.57 Å². The molecule has 3 unspecified atom stereocenters. The highest BCUT2D eigenvalue weighted by Crippen LogP contribution is 2.33. The maximum atomic E-state index is 11.9. The third kappa shape index (κ3) is 3.57. The first kappa shape index (κ1) is 19.5. The van der Waals surface area contributed by atoms with Gasteiger partial charge in [0.25, 0.3) is 0 Å². The van der Waals surface area contributed by atoms with Crippen LogP contribution in [0.2, 0.25) is 0 Å². The van der Waals surface area contributed by atoms with Crippen LogP contribution in [0.4, 0.5) is 5.82 Å². The van der Waals surface area contributed by atoms with Gasteiger partial charge in [0.1, 0.15) is 24.6 Å². The Morgan fingerprint density at radius 1 is 1.29 bits per heavy atom. The molecule has 2 aromatic heterocycles. The van der Waals surface area contributed by atoms with Crippen LogP contribution in [0.5, 0.6) is 0 Å². The van der Waals surface area contributed by atoms with Crippen LogP contribution in [-0.2, 0) is 19.3 Å². The average molecular weight is 413 g/mol. The summed E-state index contributed by atoms with van der Waals surface area (Å²) in [4.78, 5) is 12.8. The minimum absolute atomic E-state index is 0.0680. The van der Waals surface area contributed by atoms with Crippen LogP contribution in [0.1, 0.15) is 19.6 Å². The molecule has 154 valence electrons. The standard InChI is InChI=1S/C16H23N5O6S/c1-2-28(24,25)6-10-12(22)13(23)16(27-10)21-8-19-11-14(17-7-18-15(11)21)20-9-3-4-26-5-9/h7-10,12-13,16,22-23H,2-6H2,1H3,(H,17,18,20)/t9-,10?,12?,13-,16?/m1/s1. The minimum atomic E-state index is -3.38. The molecule has 0 radical (unpaired) electrons. The number of ether oxygens (including phenoxy) is 2. The normalized spacial score (nSPS) is 30.9. The number of aliphatic hydroxyl groups is 2. The predicted molar refractivity (Wildman–Crippen MR) is 98.4 cm³/mol. The van der Waals surface area contributed by atoms with Gasteiger partial charge in [0.15, 0.2) is 33.0 Å². The fourth-order valence-electron chi connectivity index (χ4n) is 3.45. The molecule has 4 rings (SSSR count). The number of aromatic nitrogens is 4. The Labute approximate surface area is 161 Å². The molecular formula is C16H23N5O6S. The summed E-state index contributed by atoms with van der Waals surface area (Å²) in [5.74, 6) is 0.105. The molecule has 0 aliphatic carbocycles. The number of nitrogens with one attached hydrogen (secondary N) is 1. The second kappa shape index (κ2) is 7.52. The first-order valence-electron chi connectivity index (χ1n) is 9.13. The van der Waals surface area contributed by atoms with Crippen molar-refractivity contribution in [1.29, 1.82) is 0 Å². The number of hydrogen-bond donors (Lipinski definition) is 3. The lowest BCUT2D eigenvalue weighted by atomic mass is 10.1. The van der Waals surface area contributed by atoms with Gasteiger partial charge in [-0.1, -0.05) is 6.92 Å². The van der Waals surface area contributed by atoms with Gasteiger partial charge in [0, 0.05) is 12.4 Å². The van der Waals surface area contributed by atoms with Crippen LogP contribution >= 0.6 is 0 Å². The van der Waals surface area contributed by atoms with E-state index in [2.05, 4.69) is 20.3 Å². The maximum absolute atomic E-state index is 11.9. The zero-order valence-electron chi connectivity index (χ0n) is 15.3. The molecule has 0 bridgehead atoms. The van der Waals surface area contributed by atoms with E-state index in [1.165, 1.54) is 24.1 Å². The van der Waals surface area contributed by atoms with Gasteiger partial charge >= 0.3 is 0 Å². The first-order valence-corrected chi connectivity index (χ1v) is 11.0. The fourth-order valence-corrected chi connectivity index (χ4v) is 4.46. The van der Waals surface area contributed by atoms with E-state index in [-0.39, 0.29) is 17.5 Å². The third-order valence-corrected chi connectivity index (χ3v) is 6.81. The van der Waals surface area contributed by atoms with Crippen molar-refractivity contribution in [2.24, 2.45) is 0 Å². The average Bonchev–Trinajstić information content (AvgIpc) is 3.39. The molecule has 2 aliphatic rings. The van der Waals surface area contributed by atoms with E-state index in [9.17, 15) is 18.6 Å². The summed E-state index contributed by atoms with van der Waals surface area (Å²) in [6.45, 7) is 2.79. The van der Waals surface area contributed by atoms with Gasteiger partial charge in [0.2, 0.25) is 0 Å². The molecule has 2 aromatic rings. The van der Waals surface area contributed by atoms with Gasteiger partial charge in [-0.2, -0.15) is 0 Å². The summed E-state index contributed by atoms with van der Waals surface area (Å²) >= 11 is 0. The summed E-state index contributed by atoms with van der Waals surface area (Å²) in [7, 11) is -3.38. The van der Waals surface area contributed by atoms with Gasteiger partial charge < -0.3 is 25.0 Å². The Bertz CT molecular complexity index is 944. The first-order chi connectivity index (χ1) is 13.4. The van der Waals surface area contributed by atoms with Crippen LogP contribution in [0.15, 0.2) is 12.7 Å². The monoisotopic (exact) mass is 413 g/mol. The smallest absolute Gasteiger partial charge is 0.167 e. The summed E-state index contributed by atoms with van der Waals surface area (Å²) in [5, 5.41) is 24.0. The molecular weight excluding hydrogens is 390 g/mol. The molecule has 2 saturated heterocycles. The second-order valence-corrected chi connectivity index (χ2v) is 9.39. The number of sulfone groups is 1. The van der Waals surface area contributed by atoms with E-state index in [1.807, 2.05) is 0 Å². The largest absolute Gasteiger partial charge is 0.387 e. The van der Waals surface area contributed by atoms with E-state index >= 15 is 0 Å². The summed E-state index contributed by atoms with van der Waals surface area (Å²) in [5.41, 5.74) is 0.899. The van der Waals surface area contributed by atoms with Crippen LogP contribution in [-0.4, -0.2) is 87.2 Å². The fraction of sp³-hybridized carbons (Fsp3) is 0.688. The van der Waals surface area contributed by atoms with E-state index < -0.39 is 34.4 Å². The zero-order chi connectivity index (χ0) is 19.9. The molecule has 0 amide bonds. The van der Waals surface area contributed by atoms with Crippen molar-refractivity contribution in [3.8, 4) is 0 Å². The van der Waals surface area contributed by atoms with Gasteiger partial charge in [0.05, 0.1) is 24.7 Å². The third-order valence-electron chi connectivity index (χ3n) is 5.10. The van der Waals surface area contributed by atoms with Gasteiger partial charge in [-0.25, -0.2) is 23.4 Å². The van der Waals surface area contributed by atoms with Crippen molar-refractivity contribution in [2.45, 2.75) is 43.9 Å². The van der Waals surface area contributed by atoms with Crippen LogP contribution in [0.25, 0.3) is 11.2 Å². The van der Waals surface area contributed by atoms with E-state index in [4.69, 9.17) is 9.47 Å². The molecule has 11 nitrogen and oxygen atoms in total. The number of anilines is 1. The molecule has 0 saturated carbocycles. The summed E-state index contributed by atoms with van der Waals surface area (Å²) in [6.07, 6.45) is -1.02. The quantitative estimate of drug-likeness (QED) is 0.543. The van der Waals surface area contributed by atoms with Crippen LogP contribution < -0.4 is 5.32 Å². The molecule has 5 atom stereocenters. The predicted octanol–water partition coefficient (Wildman–Crippen LogP) is -0.919.